The molecule has 34 heavy (non-hydrogen) atoms. The lowest BCUT2D eigenvalue weighted by Crippen LogP contribution is -2.22. The number of hydrogen-bond donors (Lipinski definition) is 2. The molecule has 6 nitrogen and oxygen atoms in total. The van der Waals surface area contributed by atoms with Crippen LogP contribution in [0.15, 0.2) is 66.7 Å². The Kier molecular flexibility index (Phi) is 5.45. The van der Waals surface area contributed by atoms with E-state index in [1.807, 2.05) is 35.9 Å². The van der Waals surface area contributed by atoms with Crippen LogP contribution < -0.4 is 10.6 Å². The Balaban J connectivity index is 1.31. The van der Waals surface area contributed by atoms with Crippen molar-refractivity contribution in [3.05, 3.63) is 83.4 Å². The second-order valence-electron chi connectivity index (χ2n) is 7.69. The molecule has 2 heterocycles. The summed E-state index contributed by atoms with van der Waals surface area (Å²) in [5.41, 5.74) is 2.61. The van der Waals surface area contributed by atoms with Crippen LogP contribution in [0.2, 0.25) is 0 Å². The Morgan fingerprint density at radius 3 is 2.62 bits per heavy atom. The molecule has 0 bridgehead atoms. The molecule has 2 aromatic heterocycles. The standard InChI is InChI=1S/C24H18F3N5OS/c1-32-19-8-3-2-7-17(19)29-22(32)31-23-30-18-10-9-15(12-20(18)34-23)21(33)28-13-14-5-4-6-16(11-14)24(25,26)27/h2-12H,13H2,1H3,(H,28,33)(H,29,30,31). The Bertz CT molecular complexity index is 1520. The predicted molar refractivity (Wildman–Crippen MR) is 126 cm³/mol. The minimum absolute atomic E-state index is 0.0109. The highest BCUT2D eigenvalue weighted by Gasteiger charge is 2.30. The summed E-state index contributed by atoms with van der Waals surface area (Å²) in [6, 6.07) is 17.8. The summed E-state index contributed by atoms with van der Waals surface area (Å²) >= 11 is 1.38. The second-order valence-corrected chi connectivity index (χ2v) is 8.72. The number of benzene rings is 3. The number of fused-ring (bicyclic) bond motifs is 2. The van der Waals surface area contributed by atoms with E-state index in [2.05, 4.69) is 20.6 Å². The molecule has 1 amide bonds. The van der Waals surface area contributed by atoms with Crippen LogP contribution in [0.5, 0.6) is 0 Å². The molecule has 0 aliphatic rings. The molecular weight excluding hydrogens is 463 g/mol. The number of imidazole rings is 1. The number of alkyl halides is 3. The maximum atomic E-state index is 12.9. The number of nitrogens with zero attached hydrogens (tertiary/aromatic N) is 3. The van der Waals surface area contributed by atoms with Gasteiger partial charge in [0.25, 0.3) is 5.91 Å². The van der Waals surface area contributed by atoms with Gasteiger partial charge in [-0.2, -0.15) is 13.2 Å². The van der Waals surface area contributed by atoms with Crippen molar-refractivity contribution in [1.29, 1.82) is 0 Å². The first kappa shape index (κ1) is 21.9. The predicted octanol–water partition coefficient (Wildman–Crippen LogP) is 5.88. The van der Waals surface area contributed by atoms with Crippen LogP contribution >= 0.6 is 11.3 Å². The summed E-state index contributed by atoms with van der Waals surface area (Å²) in [6.45, 7) is -0.0109. The van der Waals surface area contributed by atoms with Crippen LogP contribution in [0.25, 0.3) is 21.3 Å². The molecule has 172 valence electrons. The van der Waals surface area contributed by atoms with E-state index >= 15 is 0 Å². The minimum Gasteiger partial charge on any atom is -0.348 e. The second kappa shape index (κ2) is 8.45. The van der Waals surface area contributed by atoms with E-state index in [0.717, 1.165) is 33.4 Å². The van der Waals surface area contributed by atoms with Gasteiger partial charge in [0.15, 0.2) is 5.13 Å². The zero-order valence-corrected chi connectivity index (χ0v) is 18.7. The van der Waals surface area contributed by atoms with Crippen molar-refractivity contribution in [2.24, 2.45) is 7.05 Å². The van der Waals surface area contributed by atoms with Crippen molar-refractivity contribution in [2.45, 2.75) is 12.7 Å². The van der Waals surface area contributed by atoms with E-state index in [1.54, 1.807) is 24.3 Å². The Hall–Kier alpha value is -3.92. The van der Waals surface area contributed by atoms with Gasteiger partial charge in [-0.3, -0.25) is 4.79 Å². The Morgan fingerprint density at radius 2 is 1.82 bits per heavy atom. The fourth-order valence-electron chi connectivity index (χ4n) is 3.61. The molecule has 0 spiro atoms. The first-order chi connectivity index (χ1) is 16.3. The van der Waals surface area contributed by atoms with Gasteiger partial charge in [-0.1, -0.05) is 35.6 Å². The van der Waals surface area contributed by atoms with Gasteiger partial charge in [0, 0.05) is 19.2 Å². The number of amides is 1. The summed E-state index contributed by atoms with van der Waals surface area (Å²) in [6.07, 6.45) is -4.43. The van der Waals surface area contributed by atoms with Crippen molar-refractivity contribution in [3.8, 4) is 0 Å². The quantitative estimate of drug-likeness (QED) is 0.329. The lowest BCUT2D eigenvalue weighted by Gasteiger charge is -2.09. The van der Waals surface area contributed by atoms with E-state index in [1.165, 1.54) is 17.4 Å². The van der Waals surface area contributed by atoms with Crippen LogP contribution in [0.4, 0.5) is 24.3 Å². The zero-order chi connectivity index (χ0) is 23.9. The molecule has 0 radical (unpaired) electrons. The van der Waals surface area contributed by atoms with Crippen molar-refractivity contribution >= 4 is 49.6 Å². The van der Waals surface area contributed by atoms with Crippen LogP contribution in [0, 0.1) is 0 Å². The third kappa shape index (κ3) is 4.32. The van der Waals surface area contributed by atoms with Gasteiger partial charge in [-0.05, 0) is 48.0 Å². The molecule has 5 rings (SSSR count). The number of carbonyl (C=O) groups is 1. The number of anilines is 2. The molecule has 0 unspecified atom stereocenters. The van der Waals surface area contributed by atoms with E-state index in [0.29, 0.717) is 22.2 Å². The lowest BCUT2D eigenvalue weighted by atomic mass is 10.1. The number of thiazole rings is 1. The highest BCUT2D eigenvalue weighted by molar-refractivity contribution is 7.22. The average Bonchev–Trinajstić information content (AvgIpc) is 3.37. The molecule has 2 N–H and O–H groups in total. The summed E-state index contributed by atoms with van der Waals surface area (Å²) in [5, 5.41) is 6.54. The molecule has 3 aromatic carbocycles. The lowest BCUT2D eigenvalue weighted by molar-refractivity contribution is -0.137. The maximum Gasteiger partial charge on any atom is 0.416 e. The molecule has 0 fully saturated rings. The van der Waals surface area contributed by atoms with Crippen molar-refractivity contribution < 1.29 is 18.0 Å². The fourth-order valence-corrected chi connectivity index (χ4v) is 4.51. The van der Waals surface area contributed by atoms with Crippen molar-refractivity contribution in [1.82, 2.24) is 19.9 Å². The molecule has 0 saturated heterocycles. The van der Waals surface area contributed by atoms with E-state index < -0.39 is 11.7 Å². The minimum atomic E-state index is -4.43. The molecule has 10 heteroatoms. The normalized spacial score (nSPS) is 11.8. The van der Waals surface area contributed by atoms with Gasteiger partial charge in [0.05, 0.1) is 26.8 Å². The van der Waals surface area contributed by atoms with Crippen molar-refractivity contribution in [3.63, 3.8) is 0 Å². The van der Waals surface area contributed by atoms with E-state index in [-0.39, 0.29) is 12.5 Å². The molecule has 0 saturated carbocycles. The van der Waals surface area contributed by atoms with Gasteiger partial charge in [-0.15, -0.1) is 0 Å². The molecule has 0 atom stereocenters. The highest BCUT2D eigenvalue weighted by atomic mass is 32.1. The Morgan fingerprint density at radius 1 is 1.00 bits per heavy atom. The van der Waals surface area contributed by atoms with Gasteiger partial charge in [0.1, 0.15) is 0 Å². The third-order valence-electron chi connectivity index (χ3n) is 5.36. The number of aromatic nitrogens is 3. The monoisotopic (exact) mass is 481 g/mol. The first-order valence-electron chi connectivity index (χ1n) is 10.3. The molecule has 0 aliphatic heterocycles. The average molecular weight is 482 g/mol. The summed E-state index contributed by atoms with van der Waals surface area (Å²) in [4.78, 5) is 21.8. The third-order valence-corrected chi connectivity index (χ3v) is 6.30. The highest BCUT2D eigenvalue weighted by Crippen LogP contribution is 2.31. The number of nitrogens with one attached hydrogen (secondary N) is 2. The number of aryl methyl sites for hydroxylation is 1. The zero-order valence-electron chi connectivity index (χ0n) is 17.8. The fraction of sp³-hybridized carbons (Fsp3) is 0.125. The van der Waals surface area contributed by atoms with Gasteiger partial charge in [0.2, 0.25) is 5.95 Å². The van der Waals surface area contributed by atoms with Crippen LogP contribution in [0.1, 0.15) is 21.5 Å². The van der Waals surface area contributed by atoms with Crippen molar-refractivity contribution in [2.75, 3.05) is 5.32 Å². The maximum absolute atomic E-state index is 12.9. The number of hydrogen-bond acceptors (Lipinski definition) is 5. The van der Waals surface area contributed by atoms with Gasteiger partial charge in [-0.25, -0.2) is 9.97 Å². The summed E-state index contributed by atoms with van der Waals surface area (Å²) in [7, 11) is 1.91. The topological polar surface area (TPSA) is 71.8 Å². The van der Waals surface area contributed by atoms with Crippen LogP contribution in [-0.4, -0.2) is 20.4 Å². The molecule has 5 aromatic rings. The van der Waals surface area contributed by atoms with Gasteiger partial charge >= 0.3 is 6.18 Å². The first-order valence-corrected chi connectivity index (χ1v) is 11.1. The van der Waals surface area contributed by atoms with E-state index in [9.17, 15) is 18.0 Å². The summed E-state index contributed by atoms with van der Waals surface area (Å²) in [5.74, 6) is 0.275. The van der Waals surface area contributed by atoms with Crippen LogP contribution in [0.3, 0.4) is 0 Å². The number of rotatable bonds is 5. The molecule has 0 aliphatic carbocycles. The Labute approximate surface area is 196 Å². The number of carbonyl (C=O) groups excluding carboxylic acids is 1. The number of halogens is 3. The van der Waals surface area contributed by atoms with E-state index in [4.69, 9.17) is 0 Å². The largest absolute Gasteiger partial charge is 0.416 e. The SMILES string of the molecule is Cn1c(Nc2nc3ccc(C(=O)NCc4cccc(C(F)(F)F)c4)cc3s2)nc2ccccc21. The molecular formula is C24H18F3N5OS. The summed E-state index contributed by atoms with van der Waals surface area (Å²) < 4.78 is 41.4. The number of para-hydroxylation sites is 2. The van der Waals surface area contributed by atoms with Gasteiger partial charge < -0.3 is 15.2 Å². The van der Waals surface area contributed by atoms with Crippen LogP contribution in [-0.2, 0) is 19.8 Å². The smallest absolute Gasteiger partial charge is 0.348 e.